The van der Waals surface area contributed by atoms with Gasteiger partial charge in [-0.25, -0.2) is 8.42 Å². The van der Waals surface area contributed by atoms with E-state index in [0.717, 1.165) is 25.7 Å². The number of hydrogen-bond acceptors (Lipinski definition) is 3. The number of benzene rings is 1. The first-order valence-electron chi connectivity index (χ1n) is 7.56. The van der Waals surface area contributed by atoms with Crippen molar-refractivity contribution in [1.29, 1.82) is 0 Å². The molecule has 0 bridgehead atoms. The summed E-state index contributed by atoms with van der Waals surface area (Å²) in [6.07, 6.45) is 4.24. The van der Waals surface area contributed by atoms with Gasteiger partial charge < -0.3 is 5.32 Å². The van der Waals surface area contributed by atoms with Crippen molar-refractivity contribution in [3.05, 3.63) is 35.4 Å². The van der Waals surface area contributed by atoms with Gasteiger partial charge in [-0.05, 0) is 55.7 Å². The number of fused-ring (bicyclic) bond motifs is 1. The summed E-state index contributed by atoms with van der Waals surface area (Å²) in [6, 6.07) is 8.92. The highest BCUT2D eigenvalue weighted by Gasteiger charge is 2.38. The molecular weight excluding hydrogens is 270 g/mol. The van der Waals surface area contributed by atoms with Crippen LogP contribution in [0.1, 0.15) is 36.4 Å². The number of hydrogen-bond donors (Lipinski definition) is 1. The van der Waals surface area contributed by atoms with Crippen LogP contribution in [-0.2, 0) is 16.3 Å². The van der Waals surface area contributed by atoms with Crippen molar-refractivity contribution in [2.24, 2.45) is 11.8 Å². The lowest BCUT2D eigenvalue weighted by atomic mass is 9.80. The van der Waals surface area contributed by atoms with Crippen LogP contribution in [0, 0.1) is 11.8 Å². The molecule has 0 saturated carbocycles. The third kappa shape index (κ3) is 2.63. The van der Waals surface area contributed by atoms with Crippen LogP contribution in [0.15, 0.2) is 24.3 Å². The Hall–Kier alpha value is -0.870. The van der Waals surface area contributed by atoms with Crippen LogP contribution in [0.5, 0.6) is 0 Å². The molecule has 3 rings (SSSR count). The zero-order valence-electron chi connectivity index (χ0n) is 12.0. The van der Waals surface area contributed by atoms with Crippen molar-refractivity contribution in [3.8, 4) is 0 Å². The van der Waals surface area contributed by atoms with Gasteiger partial charge in [-0.2, -0.15) is 0 Å². The monoisotopic (exact) mass is 293 g/mol. The summed E-state index contributed by atoms with van der Waals surface area (Å²) in [5.41, 5.74) is 2.80. The topological polar surface area (TPSA) is 46.2 Å². The molecule has 110 valence electrons. The van der Waals surface area contributed by atoms with Gasteiger partial charge in [0.05, 0.1) is 11.5 Å². The van der Waals surface area contributed by atoms with Gasteiger partial charge in [0, 0.05) is 6.04 Å². The first kappa shape index (κ1) is 14.1. The van der Waals surface area contributed by atoms with Crippen LogP contribution in [0.2, 0.25) is 0 Å². The average molecular weight is 293 g/mol. The zero-order chi connectivity index (χ0) is 14.2. The molecule has 1 heterocycles. The fraction of sp³-hybridized carbons (Fsp3) is 0.625. The second-order valence-corrected chi connectivity index (χ2v) is 8.41. The molecule has 1 aliphatic heterocycles. The Morgan fingerprint density at radius 1 is 1.20 bits per heavy atom. The average Bonchev–Trinajstić information content (AvgIpc) is 2.69. The summed E-state index contributed by atoms with van der Waals surface area (Å²) >= 11 is 0. The highest BCUT2D eigenvalue weighted by molar-refractivity contribution is 7.91. The molecule has 1 N–H and O–H groups in total. The summed E-state index contributed by atoms with van der Waals surface area (Å²) in [6.45, 7) is 0. The Morgan fingerprint density at radius 3 is 2.70 bits per heavy atom. The third-order valence-electron chi connectivity index (χ3n) is 4.99. The van der Waals surface area contributed by atoms with Crippen molar-refractivity contribution >= 4 is 9.84 Å². The number of sulfone groups is 1. The van der Waals surface area contributed by atoms with Gasteiger partial charge >= 0.3 is 0 Å². The molecule has 3 atom stereocenters. The molecule has 0 aromatic heterocycles. The fourth-order valence-electron chi connectivity index (χ4n) is 4.03. The largest absolute Gasteiger partial charge is 0.313 e. The molecule has 0 amide bonds. The quantitative estimate of drug-likeness (QED) is 0.851. The minimum atomic E-state index is -2.79. The van der Waals surface area contributed by atoms with E-state index in [9.17, 15) is 8.42 Å². The van der Waals surface area contributed by atoms with Crippen molar-refractivity contribution < 1.29 is 8.42 Å². The summed E-state index contributed by atoms with van der Waals surface area (Å²) < 4.78 is 23.6. The predicted molar refractivity (Wildman–Crippen MR) is 81.4 cm³/mol. The normalized spacial score (nSPS) is 32.5. The van der Waals surface area contributed by atoms with Gasteiger partial charge in [-0.3, -0.25) is 0 Å². The Kier molecular flexibility index (Phi) is 3.87. The van der Waals surface area contributed by atoms with E-state index in [4.69, 9.17) is 0 Å². The zero-order valence-corrected chi connectivity index (χ0v) is 12.8. The maximum atomic E-state index is 11.8. The van der Waals surface area contributed by atoms with Crippen molar-refractivity contribution in [2.75, 3.05) is 18.6 Å². The van der Waals surface area contributed by atoms with Gasteiger partial charge in [-0.15, -0.1) is 0 Å². The van der Waals surface area contributed by atoms with E-state index in [1.807, 2.05) is 7.05 Å². The molecule has 2 aliphatic rings. The highest BCUT2D eigenvalue weighted by Crippen LogP contribution is 2.41. The van der Waals surface area contributed by atoms with Gasteiger partial charge in [0.2, 0.25) is 0 Å². The standard InChI is InChI=1S/C16H23NO2S/c1-17-16-14-7-3-2-5-12(14)6-4-8-15(16)13-9-10-20(18,19)11-13/h2-3,5,7,13,15-17H,4,6,8-11H2,1H3. The van der Waals surface area contributed by atoms with Crippen LogP contribution in [0.4, 0.5) is 0 Å². The fourth-order valence-corrected chi connectivity index (χ4v) is 5.92. The number of nitrogens with one attached hydrogen (secondary N) is 1. The molecule has 3 nitrogen and oxygen atoms in total. The van der Waals surface area contributed by atoms with Gasteiger partial charge in [0.25, 0.3) is 0 Å². The maximum Gasteiger partial charge on any atom is 0.150 e. The molecule has 1 aromatic rings. The van der Waals surface area contributed by atoms with E-state index in [0.29, 0.717) is 29.4 Å². The minimum Gasteiger partial charge on any atom is -0.313 e. The first-order chi connectivity index (χ1) is 9.61. The number of aryl methyl sites for hydroxylation is 1. The maximum absolute atomic E-state index is 11.8. The van der Waals surface area contributed by atoms with E-state index in [-0.39, 0.29) is 0 Å². The smallest absolute Gasteiger partial charge is 0.150 e. The number of rotatable bonds is 2. The van der Waals surface area contributed by atoms with Crippen LogP contribution in [0.25, 0.3) is 0 Å². The van der Waals surface area contributed by atoms with Crippen LogP contribution in [-0.4, -0.2) is 27.0 Å². The predicted octanol–water partition coefficient (Wildman–Crippen LogP) is 2.33. The van der Waals surface area contributed by atoms with Gasteiger partial charge in [0.1, 0.15) is 0 Å². The second kappa shape index (κ2) is 5.49. The Labute approximate surface area is 121 Å². The minimum absolute atomic E-state index is 0.298. The highest BCUT2D eigenvalue weighted by atomic mass is 32.2. The molecule has 1 aromatic carbocycles. The summed E-state index contributed by atoms with van der Waals surface area (Å²) in [4.78, 5) is 0. The molecule has 1 saturated heterocycles. The summed E-state index contributed by atoms with van der Waals surface area (Å²) in [5.74, 6) is 1.54. The van der Waals surface area contributed by atoms with Crippen molar-refractivity contribution in [3.63, 3.8) is 0 Å². The van der Waals surface area contributed by atoms with E-state index in [1.54, 1.807) is 0 Å². The Morgan fingerprint density at radius 2 is 2.00 bits per heavy atom. The molecule has 20 heavy (non-hydrogen) atoms. The third-order valence-corrected chi connectivity index (χ3v) is 6.78. The van der Waals surface area contributed by atoms with Crippen LogP contribution in [0.3, 0.4) is 0 Å². The second-order valence-electron chi connectivity index (χ2n) is 6.18. The molecular formula is C16H23NO2S. The molecule has 1 aliphatic carbocycles. The van der Waals surface area contributed by atoms with Crippen LogP contribution < -0.4 is 5.32 Å². The van der Waals surface area contributed by atoms with Crippen molar-refractivity contribution in [2.45, 2.75) is 31.7 Å². The summed E-state index contributed by atoms with van der Waals surface area (Å²) in [7, 11) is -0.790. The van der Waals surface area contributed by atoms with Gasteiger partial charge in [0.15, 0.2) is 9.84 Å². The Balaban J connectivity index is 1.92. The lowest BCUT2D eigenvalue weighted by Crippen LogP contribution is -2.31. The lowest BCUT2D eigenvalue weighted by molar-refractivity contribution is 0.263. The molecule has 3 unspecified atom stereocenters. The van der Waals surface area contributed by atoms with E-state index in [1.165, 1.54) is 11.1 Å². The van der Waals surface area contributed by atoms with E-state index < -0.39 is 9.84 Å². The van der Waals surface area contributed by atoms with E-state index in [2.05, 4.69) is 29.6 Å². The lowest BCUT2D eigenvalue weighted by Gasteiger charge is -2.30. The van der Waals surface area contributed by atoms with Crippen LogP contribution >= 0.6 is 0 Å². The Bertz CT molecular complexity index is 582. The SMILES string of the molecule is CNC1c2ccccc2CCCC1C1CCS(=O)(=O)C1. The molecule has 0 radical (unpaired) electrons. The van der Waals surface area contributed by atoms with Gasteiger partial charge in [-0.1, -0.05) is 24.3 Å². The van der Waals surface area contributed by atoms with E-state index >= 15 is 0 Å². The summed E-state index contributed by atoms with van der Waals surface area (Å²) in [5, 5.41) is 3.46. The molecule has 4 heteroatoms. The molecule has 0 spiro atoms. The molecule has 1 fully saturated rings. The first-order valence-corrected chi connectivity index (χ1v) is 9.38. The van der Waals surface area contributed by atoms with Crippen molar-refractivity contribution in [1.82, 2.24) is 5.32 Å².